The number of aliphatic hydroxyl groups is 1. The second-order valence-corrected chi connectivity index (χ2v) is 8.38. The maximum atomic E-state index is 13.0. The summed E-state index contributed by atoms with van der Waals surface area (Å²) >= 11 is 1.45. The minimum absolute atomic E-state index is 0.0405. The van der Waals surface area contributed by atoms with E-state index in [1.807, 2.05) is 19.4 Å². The molecule has 0 aromatic carbocycles. The largest absolute Gasteiger partial charge is 0.395 e. The topological polar surface area (TPSA) is 138 Å². The number of thiazole rings is 1. The number of carbonyl (C=O) groups is 2. The maximum absolute atomic E-state index is 13.0. The van der Waals surface area contributed by atoms with Gasteiger partial charge >= 0.3 is 0 Å². The predicted molar refractivity (Wildman–Crippen MR) is 124 cm³/mol. The third-order valence-electron chi connectivity index (χ3n) is 4.90. The lowest BCUT2D eigenvalue weighted by atomic mass is 10.2. The Kier molecular flexibility index (Phi) is 6.77. The number of hydrogen-bond acceptors (Lipinski definition) is 8. The molecule has 12 heteroatoms. The zero-order valence-corrected chi connectivity index (χ0v) is 19.0. The molecule has 0 aliphatic rings. The number of rotatable bonds is 9. The highest BCUT2D eigenvalue weighted by Gasteiger charge is 2.18. The van der Waals surface area contributed by atoms with E-state index in [0.717, 1.165) is 10.4 Å². The van der Waals surface area contributed by atoms with Crippen molar-refractivity contribution in [3.63, 3.8) is 0 Å². The number of nitrogens with one attached hydrogen (secondary N) is 3. The molecule has 0 saturated carbocycles. The fourth-order valence-corrected chi connectivity index (χ4v) is 4.20. The first-order valence-electron chi connectivity index (χ1n) is 10.3. The molecule has 4 heterocycles. The van der Waals surface area contributed by atoms with Crippen LogP contribution in [-0.2, 0) is 7.05 Å². The monoisotopic (exact) mass is 468 g/mol. The van der Waals surface area contributed by atoms with Crippen LogP contribution in [0.1, 0.15) is 26.4 Å². The molecule has 2 amide bonds. The van der Waals surface area contributed by atoms with E-state index in [9.17, 15) is 9.59 Å². The minimum atomic E-state index is -0.333. The lowest BCUT2D eigenvalue weighted by Gasteiger charge is -2.10. The van der Waals surface area contributed by atoms with Crippen molar-refractivity contribution < 1.29 is 14.7 Å². The van der Waals surface area contributed by atoms with Crippen LogP contribution in [0.4, 0.5) is 5.69 Å². The van der Waals surface area contributed by atoms with E-state index in [1.54, 1.807) is 28.4 Å². The van der Waals surface area contributed by atoms with Gasteiger partial charge in [-0.15, -0.1) is 11.3 Å². The molecule has 4 rings (SSSR count). The van der Waals surface area contributed by atoms with Gasteiger partial charge in [0.25, 0.3) is 11.8 Å². The fourth-order valence-electron chi connectivity index (χ4n) is 3.17. The van der Waals surface area contributed by atoms with Crippen molar-refractivity contribution in [3.05, 3.63) is 53.9 Å². The number of fused-ring (bicyclic) bond motifs is 1. The van der Waals surface area contributed by atoms with E-state index in [4.69, 9.17) is 5.11 Å². The number of aromatic nitrogens is 5. The van der Waals surface area contributed by atoms with Gasteiger partial charge in [0.15, 0.2) is 0 Å². The molecule has 0 atom stereocenters. The highest BCUT2D eigenvalue weighted by atomic mass is 32.1. The molecule has 0 saturated heterocycles. The summed E-state index contributed by atoms with van der Waals surface area (Å²) in [5, 5.41) is 25.9. The molecule has 0 radical (unpaired) electrons. The van der Waals surface area contributed by atoms with Crippen LogP contribution in [-0.4, -0.2) is 67.5 Å². The summed E-state index contributed by atoms with van der Waals surface area (Å²) in [5.41, 5.74) is 2.77. The molecule has 0 aliphatic heterocycles. The molecular formula is C21H24N8O3S. The first kappa shape index (κ1) is 22.6. The molecule has 4 aromatic rings. The zero-order valence-electron chi connectivity index (χ0n) is 18.2. The summed E-state index contributed by atoms with van der Waals surface area (Å²) in [5.74, 6) is -0.628. The van der Waals surface area contributed by atoms with Crippen molar-refractivity contribution in [1.29, 1.82) is 0 Å². The molecule has 4 aromatic heterocycles. The lowest BCUT2D eigenvalue weighted by Crippen LogP contribution is -2.33. The molecule has 0 fully saturated rings. The van der Waals surface area contributed by atoms with Gasteiger partial charge in [-0.3, -0.25) is 19.3 Å². The smallest absolute Gasteiger partial charge is 0.260 e. The van der Waals surface area contributed by atoms with Crippen LogP contribution < -0.4 is 16.0 Å². The van der Waals surface area contributed by atoms with Crippen molar-refractivity contribution in [2.45, 2.75) is 6.92 Å². The van der Waals surface area contributed by atoms with E-state index in [-0.39, 0.29) is 18.4 Å². The van der Waals surface area contributed by atoms with Gasteiger partial charge in [0.05, 0.1) is 46.4 Å². The first-order chi connectivity index (χ1) is 16.0. The fraction of sp³-hybridized carbons (Fsp3) is 0.286. The summed E-state index contributed by atoms with van der Waals surface area (Å²) in [6, 6.07) is 1.60. The van der Waals surface area contributed by atoms with Gasteiger partial charge in [0.1, 0.15) is 4.83 Å². The average molecular weight is 469 g/mol. The minimum Gasteiger partial charge on any atom is -0.395 e. The van der Waals surface area contributed by atoms with Gasteiger partial charge < -0.3 is 21.1 Å². The summed E-state index contributed by atoms with van der Waals surface area (Å²) in [7, 11) is 1.85. The Bertz CT molecular complexity index is 1290. The SMILES string of the molecule is Cc1ncc(C(=O)NCCNCCO)cc1NC(=O)c1cnn2cc(-c3cnn(C)c3)sc12. The van der Waals surface area contributed by atoms with E-state index >= 15 is 0 Å². The van der Waals surface area contributed by atoms with E-state index in [2.05, 4.69) is 31.1 Å². The third-order valence-corrected chi connectivity index (χ3v) is 6.06. The van der Waals surface area contributed by atoms with Gasteiger partial charge in [0.2, 0.25) is 0 Å². The Balaban J connectivity index is 1.48. The van der Waals surface area contributed by atoms with Crippen LogP contribution in [0, 0.1) is 6.92 Å². The summed E-state index contributed by atoms with van der Waals surface area (Å²) in [6.45, 7) is 3.21. The van der Waals surface area contributed by atoms with Crippen LogP contribution >= 0.6 is 11.3 Å². The molecule has 172 valence electrons. The quantitative estimate of drug-likeness (QED) is 0.270. The van der Waals surface area contributed by atoms with Crippen LogP contribution in [0.2, 0.25) is 0 Å². The molecule has 4 N–H and O–H groups in total. The predicted octanol–water partition coefficient (Wildman–Crippen LogP) is 1.06. The van der Waals surface area contributed by atoms with Gasteiger partial charge in [0, 0.05) is 50.8 Å². The normalized spacial score (nSPS) is 11.1. The van der Waals surface area contributed by atoms with Crippen molar-refractivity contribution in [2.75, 3.05) is 31.6 Å². The number of aliphatic hydroxyl groups excluding tert-OH is 1. The van der Waals surface area contributed by atoms with Crippen LogP contribution in [0.5, 0.6) is 0 Å². The zero-order chi connectivity index (χ0) is 23.4. The third kappa shape index (κ3) is 5.08. The highest BCUT2D eigenvalue weighted by Crippen LogP contribution is 2.30. The lowest BCUT2D eigenvalue weighted by molar-refractivity contribution is 0.0952. The van der Waals surface area contributed by atoms with E-state index in [1.165, 1.54) is 23.7 Å². The standard InChI is InChI=1S/C21H24N8O3S/c1-13-17(7-14(8-24-13)19(31)23-4-3-22-5-6-30)27-20(32)16-10-26-29-12-18(33-21(16)29)15-9-25-28(2)11-15/h7-12,22,30H,3-6H2,1-2H3,(H,23,31)(H,27,32). The molecule has 0 spiro atoms. The maximum Gasteiger partial charge on any atom is 0.260 e. The van der Waals surface area contributed by atoms with Crippen LogP contribution in [0.25, 0.3) is 15.3 Å². The summed E-state index contributed by atoms with van der Waals surface area (Å²) in [6.07, 6.45) is 8.52. The molecule has 0 aliphatic carbocycles. The van der Waals surface area contributed by atoms with Crippen molar-refractivity contribution in [2.24, 2.45) is 7.05 Å². The molecule has 0 bridgehead atoms. The molecule has 0 unspecified atom stereocenters. The van der Waals surface area contributed by atoms with Gasteiger partial charge in [-0.05, 0) is 13.0 Å². The Morgan fingerprint density at radius 3 is 2.70 bits per heavy atom. The molecular weight excluding hydrogens is 444 g/mol. The molecule has 33 heavy (non-hydrogen) atoms. The average Bonchev–Trinajstić information content (AvgIpc) is 3.50. The molecule has 11 nitrogen and oxygen atoms in total. The second kappa shape index (κ2) is 9.90. The van der Waals surface area contributed by atoms with E-state index < -0.39 is 0 Å². The number of carbonyl (C=O) groups excluding carboxylic acids is 2. The van der Waals surface area contributed by atoms with Gasteiger partial charge in [-0.25, -0.2) is 4.52 Å². The Morgan fingerprint density at radius 1 is 1.09 bits per heavy atom. The second-order valence-electron chi connectivity index (χ2n) is 7.35. The van der Waals surface area contributed by atoms with Gasteiger partial charge in [-0.1, -0.05) is 0 Å². The number of hydrogen-bond donors (Lipinski definition) is 4. The summed E-state index contributed by atoms with van der Waals surface area (Å²) in [4.78, 5) is 31.3. The number of amides is 2. The van der Waals surface area contributed by atoms with Gasteiger partial charge in [-0.2, -0.15) is 10.2 Å². The van der Waals surface area contributed by atoms with Crippen LogP contribution in [0.3, 0.4) is 0 Å². The van der Waals surface area contributed by atoms with Crippen LogP contribution in [0.15, 0.2) is 37.1 Å². The number of aryl methyl sites for hydroxylation is 2. The number of anilines is 1. The Morgan fingerprint density at radius 2 is 1.94 bits per heavy atom. The number of nitrogens with zero attached hydrogens (tertiary/aromatic N) is 5. The number of pyridine rings is 1. The van der Waals surface area contributed by atoms with Crippen molar-refractivity contribution in [3.8, 4) is 10.4 Å². The Labute approximate surface area is 193 Å². The highest BCUT2D eigenvalue weighted by molar-refractivity contribution is 7.21. The summed E-state index contributed by atoms with van der Waals surface area (Å²) < 4.78 is 3.39. The van der Waals surface area contributed by atoms with Crippen molar-refractivity contribution >= 4 is 33.7 Å². The Hall–Kier alpha value is -3.61. The van der Waals surface area contributed by atoms with E-state index in [0.29, 0.717) is 47.0 Å². The first-order valence-corrected chi connectivity index (χ1v) is 11.1. The van der Waals surface area contributed by atoms with Crippen molar-refractivity contribution in [1.82, 2.24) is 35.0 Å².